The van der Waals surface area contributed by atoms with Crippen molar-refractivity contribution in [2.24, 2.45) is 0 Å². The van der Waals surface area contributed by atoms with Gasteiger partial charge in [-0.05, 0) is 51.7 Å². The second kappa shape index (κ2) is 7.00. The second-order valence-electron chi connectivity index (χ2n) is 10.3. The monoisotopic (exact) mass is 399 g/mol. The first-order chi connectivity index (χ1) is 14.0. The van der Waals surface area contributed by atoms with E-state index >= 15 is 0 Å². The van der Waals surface area contributed by atoms with Crippen LogP contribution in [-0.2, 0) is 10.8 Å². The van der Waals surface area contributed by atoms with E-state index < -0.39 is 7.12 Å². The van der Waals surface area contributed by atoms with Crippen LogP contribution in [0.4, 0.5) is 0 Å². The number of rotatable bonds is 2. The summed E-state index contributed by atoms with van der Waals surface area (Å²) in [5.74, 6) is 0. The molecule has 1 aromatic heterocycles. The average Bonchev–Trinajstić information content (AvgIpc) is 3.00. The largest absolute Gasteiger partial charge is 0.488 e. The quantitative estimate of drug-likeness (QED) is 0.463. The van der Waals surface area contributed by atoms with Crippen molar-refractivity contribution in [3.8, 4) is 5.69 Å². The zero-order valence-electron chi connectivity index (χ0n) is 18.7. The van der Waals surface area contributed by atoms with Gasteiger partial charge in [-0.15, -0.1) is 0 Å². The van der Waals surface area contributed by atoms with E-state index in [9.17, 15) is 10.0 Å². The lowest BCUT2D eigenvalue weighted by atomic mass is 9.79. The highest BCUT2D eigenvalue weighted by Gasteiger charge is 2.23. The van der Waals surface area contributed by atoms with E-state index in [1.54, 1.807) is 6.07 Å². The summed E-state index contributed by atoms with van der Waals surface area (Å²) in [5.41, 5.74) is 6.48. The zero-order chi connectivity index (χ0) is 21.8. The van der Waals surface area contributed by atoms with Gasteiger partial charge >= 0.3 is 7.12 Å². The van der Waals surface area contributed by atoms with Crippen LogP contribution in [0.2, 0.25) is 0 Å². The Bertz CT molecular complexity index is 1210. The molecule has 30 heavy (non-hydrogen) atoms. The highest BCUT2D eigenvalue weighted by Crippen LogP contribution is 2.36. The minimum atomic E-state index is -1.48. The minimum absolute atomic E-state index is 0.0307. The molecule has 0 aliphatic heterocycles. The van der Waals surface area contributed by atoms with Crippen molar-refractivity contribution in [2.75, 3.05) is 0 Å². The molecular formula is C26H30BNO2. The Morgan fingerprint density at radius 1 is 0.667 bits per heavy atom. The molecule has 0 amide bonds. The lowest BCUT2D eigenvalue weighted by Crippen LogP contribution is -2.29. The summed E-state index contributed by atoms with van der Waals surface area (Å²) in [4.78, 5) is 0. The van der Waals surface area contributed by atoms with Crippen molar-refractivity contribution in [1.82, 2.24) is 4.57 Å². The van der Waals surface area contributed by atoms with Gasteiger partial charge in [-0.3, -0.25) is 0 Å². The van der Waals surface area contributed by atoms with Crippen molar-refractivity contribution in [3.05, 3.63) is 71.8 Å². The molecular weight excluding hydrogens is 369 g/mol. The SMILES string of the molecule is CC(C)(C)c1cc(-n2c3ccccc3c3cc(B(O)O)ccc32)cc(C(C)(C)C)c1. The van der Waals surface area contributed by atoms with Crippen LogP contribution in [0, 0.1) is 0 Å². The number of nitrogens with zero attached hydrogens (tertiary/aromatic N) is 1. The van der Waals surface area contributed by atoms with Crippen molar-refractivity contribution in [2.45, 2.75) is 52.4 Å². The molecule has 0 bridgehead atoms. The first-order valence-electron chi connectivity index (χ1n) is 10.5. The first-order valence-corrected chi connectivity index (χ1v) is 10.5. The van der Waals surface area contributed by atoms with Crippen molar-refractivity contribution < 1.29 is 10.0 Å². The minimum Gasteiger partial charge on any atom is -0.423 e. The van der Waals surface area contributed by atoms with Crippen molar-refractivity contribution in [1.29, 1.82) is 0 Å². The average molecular weight is 399 g/mol. The Kier molecular flexibility index (Phi) is 4.83. The maximum Gasteiger partial charge on any atom is 0.488 e. The van der Waals surface area contributed by atoms with Crippen LogP contribution < -0.4 is 5.46 Å². The van der Waals surface area contributed by atoms with Gasteiger partial charge in [0, 0.05) is 16.5 Å². The fourth-order valence-corrected chi connectivity index (χ4v) is 4.04. The van der Waals surface area contributed by atoms with Gasteiger partial charge in [0.25, 0.3) is 0 Å². The fraction of sp³-hybridized carbons (Fsp3) is 0.308. The van der Waals surface area contributed by atoms with E-state index in [0.717, 1.165) is 27.5 Å². The number of hydrogen-bond acceptors (Lipinski definition) is 2. The molecule has 3 aromatic carbocycles. The molecule has 0 saturated carbocycles. The van der Waals surface area contributed by atoms with Crippen molar-refractivity contribution in [3.63, 3.8) is 0 Å². The van der Waals surface area contributed by atoms with E-state index in [2.05, 4.69) is 82.5 Å². The van der Waals surface area contributed by atoms with Crippen LogP contribution >= 0.6 is 0 Å². The third-order valence-electron chi connectivity index (χ3n) is 5.90. The summed E-state index contributed by atoms with van der Waals surface area (Å²) in [6.45, 7) is 13.5. The maximum absolute atomic E-state index is 9.68. The molecule has 4 aromatic rings. The molecule has 0 radical (unpaired) electrons. The van der Waals surface area contributed by atoms with E-state index in [4.69, 9.17) is 0 Å². The smallest absolute Gasteiger partial charge is 0.423 e. The Morgan fingerprint density at radius 2 is 1.23 bits per heavy atom. The van der Waals surface area contributed by atoms with E-state index in [1.807, 2.05) is 18.2 Å². The lowest BCUT2D eigenvalue weighted by molar-refractivity contribution is 0.426. The van der Waals surface area contributed by atoms with E-state index in [1.165, 1.54) is 11.1 Å². The van der Waals surface area contributed by atoms with Crippen LogP contribution in [0.25, 0.3) is 27.5 Å². The van der Waals surface area contributed by atoms with Crippen LogP contribution in [-0.4, -0.2) is 21.7 Å². The molecule has 4 rings (SSSR count). The molecule has 0 atom stereocenters. The first kappa shape index (κ1) is 20.7. The molecule has 154 valence electrons. The summed E-state index contributed by atoms with van der Waals surface area (Å²) < 4.78 is 2.29. The standard InChI is InChI=1S/C26H30BNO2/c1-25(2,3)17-13-18(26(4,5)6)15-20(14-17)28-23-10-8-7-9-21(23)22-16-19(27(29)30)11-12-24(22)28/h7-16,29-30H,1-6H3. The summed E-state index contributed by atoms with van der Waals surface area (Å²) in [5, 5.41) is 21.5. The Morgan fingerprint density at radius 3 is 1.80 bits per heavy atom. The van der Waals surface area contributed by atoms with Gasteiger partial charge < -0.3 is 14.6 Å². The van der Waals surface area contributed by atoms with Gasteiger partial charge in [0.05, 0.1) is 11.0 Å². The molecule has 1 heterocycles. The summed E-state index contributed by atoms with van der Waals surface area (Å²) in [7, 11) is -1.48. The molecule has 2 N–H and O–H groups in total. The van der Waals surface area contributed by atoms with Crippen LogP contribution in [0.3, 0.4) is 0 Å². The van der Waals surface area contributed by atoms with Gasteiger partial charge in [-0.2, -0.15) is 0 Å². The number of para-hydroxylation sites is 1. The Balaban J connectivity index is 2.10. The topological polar surface area (TPSA) is 45.4 Å². The Labute approximate surface area is 179 Å². The highest BCUT2D eigenvalue weighted by atomic mass is 16.4. The predicted octanol–water partition coefficient (Wildman–Crippen LogP) is 5.06. The molecule has 0 fully saturated rings. The van der Waals surface area contributed by atoms with Gasteiger partial charge in [-0.1, -0.05) is 77.9 Å². The van der Waals surface area contributed by atoms with Gasteiger partial charge in [0.2, 0.25) is 0 Å². The molecule has 3 nitrogen and oxygen atoms in total. The number of aromatic nitrogens is 1. The van der Waals surface area contributed by atoms with Gasteiger partial charge in [0.15, 0.2) is 0 Å². The maximum atomic E-state index is 9.68. The second-order valence-corrected chi connectivity index (χ2v) is 10.3. The normalized spacial score (nSPS) is 12.7. The number of benzene rings is 3. The van der Waals surface area contributed by atoms with Crippen LogP contribution in [0.1, 0.15) is 52.7 Å². The molecule has 0 aliphatic rings. The van der Waals surface area contributed by atoms with E-state index in [0.29, 0.717) is 5.46 Å². The lowest BCUT2D eigenvalue weighted by Gasteiger charge is -2.26. The molecule has 4 heteroatoms. The van der Waals surface area contributed by atoms with Gasteiger partial charge in [-0.25, -0.2) is 0 Å². The summed E-state index contributed by atoms with van der Waals surface area (Å²) >= 11 is 0. The van der Waals surface area contributed by atoms with Crippen LogP contribution in [0.5, 0.6) is 0 Å². The summed E-state index contributed by atoms with van der Waals surface area (Å²) in [6, 6.07) is 20.9. The summed E-state index contributed by atoms with van der Waals surface area (Å²) in [6.07, 6.45) is 0. The Hall–Kier alpha value is -2.56. The van der Waals surface area contributed by atoms with Crippen molar-refractivity contribution >= 4 is 34.4 Å². The fourth-order valence-electron chi connectivity index (χ4n) is 4.04. The number of fused-ring (bicyclic) bond motifs is 3. The molecule has 0 aliphatic carbocycles. The number of hydrogen-bond donors (Lipinski definition) is 2. The molecule has 0 saturated heterocycles. The highest BCUT2D eigenvalue weighted by molar-refractivity contribution is 6.59. The third kappa shape index (κ3) is 3.55. The van der Waals surface area contributed by atoms with Gasteiger partial charge in [0.1, 0.15) is 0 Å². The zero-order valence-corrected chi connectivity index (χ0v) is 18.7. The predicted molar refractivity (Wildman–Crippen MR) is 128 cm³/mol. The third-order valence-corrected chi connectivity index (χ3v) is 5.90. The molecule has 0 spiro atoms. The molecule has 0 unspecified atom stereocenters. The van der Waals surface area contributed by atoms with Crippen LogP contribution in [0.15, 0.2) is 60.7 Å². The van der Waals surface area contributed by atoms with E-state index in [-0.39, 0.29) is 10.8 Å².